The van der Waals surface area contributed by atoms with Gasteiger partial charge in [0.2, 0.25) is 11.8 Å². The molecule has 0 spiro atoms. The Morgan fingerprint density at radius 2 is 2.10 bits per heavy atom. The third-order valence-electron chi connectivity index (χ3n) is 3.02. The Hall–Kier alpha value is -2.74. The molecule has 0 unspecified atom stereocenters. The Balaban J connectivity index is 2.17. The van der Waals surface area contributed by atoms with E-state index in [9.17, 15) is 10.1 Å². The van der Waals surface area contributed by atoms with Crippen LogP contribution in [0, 0.1) is 10.1 Å². The fraction of sp³-hybridized carbons (Fsp3) is 0.231. The summed E-state index contributed by atoms with van der Waals surface area (Å²) < 4.78 is 0. The van der Waals surface area contributed by atoms with Crippen molar-refractivity contribution in [1.82, 2.24) is 9.97 Å². The molecule has 21 heavy (non-hydrogen) atoms. The molecule has 0 fully saturated rings. The average Bonchev–Trinajstić information content (AvgIpc) is 2.52. The van der Waals surface area contributed by atoms with Crippen LogP contribution in [0.25, 0.3) is 0 Å². The minimum Gasteiger partial charge on any atom is -0.353 e. The summed E-state index contributed by atoms with van der Waals surface area (Å²) in [5, 5.41) is 11.0. The number of benzene rings is 1. The van der Waals surface area contributed by atoms with Crippen LogP contribution < -0.4 is 16.2 Å². The van der Waals surface area contributed by atoms with E-state index in [-0.39, 0.29) is 17.5 Å². The zero-order valence-corrected chi connectivity index (χ0v) is 11.6. The van der Waals surface area contributed by atoms with E-state index in [1.54, 1.807) is 11.9 Å². The topological polar surface area (TPSA) is 110 Å². The lowest BCUT2D eigenvalue weighted by Gasteiger charge is -2.18. The molecule has 0 radical (unpaired) electrons. The Labute approximate surface area is 121 Å². The molecular formula is C13H16N6O2. The van der Waals surface area contributed by atoms with Crippen molar-refractivity contribution in [3.05, 3.63) is 52.2 Å². The van der Waals surface area contributed by atoms with E-state index >= 15 is 0 Å². The Morgan fingerprint density at radius 1 is 1.38 bits per heavy atom. The van der Waals surface area contributed by atoms with Crippen molar-refractivity contribution < 1.29 is 4.92 Å². The Bertz CT molecular complexity index is 619. The van der Waals surface area contributed by atoms with Crippen molar-refractivity contribution in [2.75, 3.05) is 23.9 Å². The van der Waals surface area contributed by atoms with Crippen LogP contribution in [0.3, 0.4) is 0 Å². The quantitative estimate of drug-likeness (QED) is 0.469. The lowest BCUT2D eigenvalue weighted by Crippen LogP contribution is -2.23. The number of hydrogen-bond acceptors (Lipinski definition) is 7. The van der Waals surface area contributed by atoms with Crippen LogP contribution >= 0.6 is 0 Å². The van der Waals surface area contributed by atoms with Gasteiger partial charge in [0.05, 0.1) is 4.92 Å². The van der Waals surface area contributed by atoms with Gasteiger partial charge >= 0.3 is 5.69 Å². The Morgan fingerprint density at radius 3 is 2.71 bits per heavy atom. The molecule has 0 amide bonds. The van der Waals surface area contributed by atoms with Crippen molar-refractivity contribution in [1.29, 1.82) is 0 Å². The highest BCUT2D eigenvalue weighted by Gasteiger charge is 2.20. The molecule has 0 saturated heterocycles. The lowest BCUT2D eigenvalue weighted by molar-refractivity contribution is -0.384. The van der Waals surface area contributed by atoms with Crippen LogP contribution in [0.4, 0.5) is 17.5 Å². The van der Waals surface area contributed by atoms with E-state index < -0.39 is 4.92 Å². The number of nitrogens with two attached hydrogens (primary N) is 1. The number of aromatic nitrogens is 2. The van der Waals surface area contributed by atoms with Gasteiger partial charge in [-0.1, -0.05) is 30.3 Å². The first-order valence-corrected chi connectivity index (χ1v) is 6.35. The normalized spacial score (nSPS) is 10.2. The van der Waals surface area contributed by atoms with Gasteiger partial charge in [0.1, 0.15) is 6.20 Å². The predicted octanol–water partition coefficient (Wildman–Crippen LogP) is 1.35. The number of likely N-dealkylation sites (N-methyl/N-ethyl adjacent to an activating group) is 1. The monoisotopic (exact) mass is 288 g/mol. The molecule has 0 saturated carbocycles. The number of anilines is 2. The van der Waals surface area contributed by atoms with Crippen LogP contribution in [0.2, 0.25) is 0 Å². The fourth-order valence-electron chi connectivity index (χ4n) is 1.89. The van der Waals surface area contributed by atoms with Crippen molar-refractivity contribution in [3.63, 3.8) is 0 Å². The second-order valence-corrected chi connectivity index (χ2v) is 4.46. The number of hydrogen-bond donors (Lipinski definition) is 2. The van der Waals surface area contributed by atoms with Gasteiger partial charge in [-0.2, -0.15) is 4.98 Å². The molecule has 0 aliphatic carbocycles. The summed E-state index contributed by atoms with van der Waals surface area (Å²) in [6, 6.07) is 9.88. The maximum atomic E-state index is 11.0. The first-order chi connectivity index (χ1) is 10.1. The first kappa shape index (κ1) is 14.7. The van der Waals surface area contributed by atoms with E-state index in [1.165, 1.54) is 0 Å². The second kappa shape index (κ2) is 6.62. The molecule has 8 nitrogen and oxygen atoms in total. The molecule has 0 atom stereocenters. The maximum Gasteiger partial charge on any atom is 0.329 e. The lowest BCUT2D eigenvalue weighted by atomic mass is 10.1. The largest absolute Gasteiger partial charge is 0.353 e. The SMILES string of the molecule is CN(CCc1ccccc1)c1nc(NN)ncc1[N+](=O)[O-]. The molecule has 3 N–H and O–H groups in total. The highest BCUT2D eigenvalue weighted by atomic mass is 16.6. The molecule has 110 valence electrons. The van der Waals surface area contributed by atoms with Crippen LogP contribution in [-0.2, 0) is 6.42 Å². The number of nitrogens with one attached hydrogen (secondary N) is 1. The van der Waals surface area contributed by atoms with Gasteiger partial charge in [0, 0.05) is 13.6 Å². The number of nitrogens with zero attached hydrogens (tertiary/aromatic N) is 4. The molecule has 0 aliphatic heterocycles. The zero-order valence-electron chi connectivity index (χ0n) is 11.6. The zero-order chi connectivity index (χ0) is 15.2. The van der Waals surface area contributed by atoms with Gasteiger partial charge in [0.25, 0.3) is 0 Å². The second-order valence-electron chi connectivity index (χ2n) is 4.46. The summed E-state index contributed by atoms with van der Waals surface area (Å²) in [4.78, 5) is 20.1. The van der Waals surface area contributed by atoms with Gasteiger partial charge < -0.3 is 4.90 Å². The highest BCUT2D eigenvalue weighted by Crippen LogP contribution is 2.25. The standard InChI is InChI=1S/C13H16N6O2/c1-18(8-7-10-5-3-2-4-6-10)12-11(19(20)21)9-15-13(16-12)17-14/h2-6,9H,7-8,14H2,1H3,(H,15,16,17). The minimum absolute atomic E-state index is 0.141. The van der Waals surface area contributed by atoms with E-state index in [0.717, 1.165) is 18.2 Å². The molecule has 2 aromatic rings. The van der Waals surface area contributed by atoms with Gasteiger partial charge in [-0.05, 0) is 12.0 Å². The molecular weight excluding hydrogens is 272 g/mol. The summed E-state index contributed by atoms with van der Waals surface area (Å²) in [6.07, 6.45) is 1.90. The molecule has 0 aliphatic rings. The van der Waals surface area contributed by atoms with Crippen LogP contribution in [0.1, 0.15) is 5.56 Å². The molecule has 8 heteroatoms. The van der Waals surface area contributed by atoms with E-state index in [1.807, 2.05) is 30.3 Å². The van der Waals surface area contributed by atoms with Gasteiger partial charge in [-0.15, -0.1) is 0 Å². The van der Waals surface area contributed by atoms with E-state index in [4.69, 9.17) is 5.84 Å². The summed E-state index contributed by atoms with van der Waals surface area (Å²) in [5.41, 5.74) is 3.29. The first-order valence-electron chi connectivity index (χ1n) is 6.35. The number of rotatable bonds is 6. The third kappa shape index (κ3) is 3.63. The fourth-order valence-corrected chi connectivity index (χ4v) is 1.89. The van der Waals surface area contributed by atoms with Crippen LogP contribution in [-0.4, -0.2) is 28.5 Å². The number of nitro groups is 1. The van der Waals surface area contributed by atoms with Crippen molar-refractivity contribution >= 4 is 17.5 Å². The van der Waals surface area contributed by atoms with Crippen molar-refractivity contribution in [2.45, 2.75) is 6.42 Å². The Kier molecular flexibility index (Phi) is 4.62. The van der Waals surface area contributed by atoms with Crippen LogP contribution in [0.5, 0.6) is 0 Å². The number of hydrazine groups is 1. The summed E-state index contributed by atoms with van der Waals surface area (Å²) >= 11 is 0. The van der Waals surface area contributed by atoms with Crippen molar-refractivity contribution in [3.8, 4) is 0 Å². The average molecular weight is 288 g/mol. The van der Waals surface area contributed by atoms with Gasteiger partial charge in [-0.3, -0.25) is 15.5 Å². The van der Waals surface area contributed by atoms with E-state index in [2.05, 4.69) is 15.4 Å². The maximum absolute atomic E-state index is 11.0. The molecule has 2 rings (SSSR count). The molecule has 1 aromatic carbocycles. The molecule has 1 aromatic heterocycles. The van der Waals surface area contributed by atoms with E-state index in [0.29, 0.717) is 6.54 Å². The van der Waals surface area contributed by atoms with Gasteiger partial charge in [0.15, 0.2) is 0 Å². The van der Waals surface area contributed by atoms with Gasteiger partial charge in [-0.25, -0.2) is 10.8 Å². The smallest absolute Gasteiger partial charge is 0.329 e. The van der Waals surface area contributed by atoms with Crippen molar-refractivity contribution in [2.24, 2.45) is 5.84 Å². The molecule has 1 heterocycles. The number of nitrogen functional groups attached to an aromatic ring is 1. The predicted molar refractivity (Wildman–Crippen MR) is 79.9 cm³/mol. The summed E-state index contributed by atoms with van der Waals surface area (Å²) in [6.45, 7) is 0.589. The third-order valence-corrected chi connectivity index (χ3v) is 3.02. The summed E-state index contributed by atoms with van der Waals surface area (Å²) in [7, 11) is 1.75. The summed E-state index contributed by atoms with van der Waals surface area (Å²) in [5.74, 6) is 5.62. The molecule has 0 bridgehead atoms. The van der Waals surface area contributed by atoms with Crippen LogP contribution in [0.15, 0.2) is 36.5 Å². The highest BCUT2D eigenvalue weighted by molar-refractivity contribution is 5.58. The minimum atomic E-state index is -0.505.